The van der Waals surface area contributed by atoms with Crippen molar-refractivity contribution in [2.75, 3.05) is 23.8 Å². The van der Waals surface area contributed by atoms with Gasteiger partial charge in [-0.05, 0) is 67.4 Å². The number of carbonyl (C=O) groups is 1. The number of benzene rings is 1. The zero-order valence-electron chi connectivity index (χ0n) is 18.0. The molecular weight excluding hydrogens is 414 g/mol. The first-order valence-electron chi connectivity index (χ1n) is 10.9. The molecule has 8 heteroatoms. The molecule has 8 nitrogen and oxygen atoms in total. The lowest BCUT2D eigenvalue weighted by Gasteiger charge is -2.21. The van der Waals surface area contributed by atoms with E-state index in [-0.39, 0.29) is 5.91 Å². The average Bonchev–Trinajstić information content (AvgIpc) is 3.37. The van der Waals surface area contributed by atoms with E-state index in [1.54, 1.807) is 18.3 Å². The molecule has 5 rings (SSSR count). The Morgan fingerprint density at radius 3 is 2.76 bits per heavy atom. The van der Waals surface area contributed by atoms with Crippen LogP contribution in [0.1, 0.15) is 29.7 Å². The minimum Gasteiger partial charge on any atom is -0.321 e. The van der Waals surface area contributed by atoms with Crippen LogP contribution in [0.2, 0.25) is 0 Å². The summed E-state index contributed by atoms with van der Waals surface area (Å²) < 4.78 is 0. The van der Waals surface area contributed by atoms with Crippen LogP contribution in [-0.2, 0) is 11.3 Å². The van der Waals surface area contributed by atoms with Crippen molar-refractivity contribution in [2.24, 2.45) is 0 Å². The van der Waals surface area contributed by atoms with Gasteiger partial charge in [0.25, 0.3) is 5.91 Å². The number of likely N-dealkylation sites (tertiary alicyclic amines) is 1. The standard InChI is InChI=1S/C25H23N7O/c26-11-20-4-5-21(14-28-20)30-25(33)23-15-29-31-24-6-3-18(10-22(23)24)19-9-17(12-27-13-19)16-32-7-1-2-8-32/h3-6,9-10,12-15,29,31H,1-2,7-8,16H2,(H,30,33). The molecule has 4 heterocycles. The van der Waals surface area contributed by atoms with Gasteiger partial charge in [-0.2, -0.15) is 5.26 Å². The molecule has 0 atom stereocenters. The largest absolute Gasteiger partial charge is 0.321 e. The molecule has 1 aromatic carbocycles. The number of pyridine rings is 2. The molecule has 1 amide bonds. The van der Waals surface area contributed by atoms with Gasteiger partial charge in [0.2, 0.25) is 0 Å². The first-order chi connectivity index (χ1) is 16.2. The van der Waals surface area contributed by atoms with Crippen LogP contribution in [0, 0.1) is 11.3 Å². The van der Waals surface area contributed by atoms with Gasteiger partial charge in [-0.15, -0.1) is 0 Å². The van der Waals surface area contributed by atoms with Crippen LogP contribution in [0.25, 0.3) is 16.7 Å². The van der Waals surface area contributed by atoms with Crippen LogP contribution in [0.15, 0.2) is 61.2 Å². The Bertz CT molecular complexity index is 1250. The molecule has 2 aliphatic heterocycles. The first-order valence-corrected chi connectivity index (χ1v) is 10.9. The van der Waals surface area contributed by atoms with Crippen LogP contribution >= 0.6 is 0 Å². The highest BCUT2D eigenvalue weighted by atomic mass is 16.1. The highest BCUT2D eigenvalue weighted by molar-refractivity contribution is 6.26. The van der Waals surface area contributed by atoms with Crippen LogP contribution in [0.5, 0.6) is 0 Å². The number of hydrogen-bond acceptors (Lipinski definition) is 7. The Labute approximate surface area is 192 Å². The third-order valence-electron chi connectivity index (χ3n) is 5.85. The third-order valence-corrected chi connectivity index (χ3v) is 5.85. The van der Waals surface area contributed by atoms with Crippen molar-refractivity contribution in [3.05, 3.63) is 78.0 Å². The molecule has 1 fully saturated rings. The predicted molar refractivity (Wildman–Crippen MR) is 127 cm³/mol. The van der Waals surface area contributed by atoms with Crippen molar-refractivity contribution in [1.29, 1.82) is 5.26 Å². The summed E-state index contributed by atoms with van der Waals surface area (Å²) in [6.07, 6.45) is 9.41. The Hall–Kier alpha value is -4.22. The van der Waals surface area contributed by atoms with Gasteiger partial charge in [0.05, 0.1) is 23.1 Å². The normalized spacial score (nSPS) is 14.9. The summed E-state index contributed by atoms with van der Waals surface area (Å²) in [6.45, 7) is 3.18. The van der Waals surface area contributed by atoms with E-state index in [0.717, 1.165) is 42.0 Å². The molecule has 33 heavy (non-hydrogen) atoms. The van der Waals surface area contributed by atoms with Gasteiger partial charge in [0.1, 0.15) is 11.8 Å². The number of nitrogens with one attached hydrogen (secondary N) is 3. The molecule has 0 saturated carbocycles. The smallest absolute Gasteiger partial charge is 0.257 e. The maximum atomic E-state index is 13.0. The molecule has 0 aliphatic carbocycles. The van der Waals surface area contributed by atoms with E-state index >= 15 is 0 Å². The molecule has 0 bridgehead atoms. The minimum absolute atomic E-state index is 0.269. The van der Waals surface area contributed by atoms with Gasteiger partial charge in [-0.3, -0.25) is 14.7 Å². The van der Waals surface area contributed by atoms with Crippen LogP contribution in [0.3, 0.4) is 0 Å². The van der Waals surface area contributed by atoms with Gasteiger partial charge in [-0.1, -0.05) is 6.07 Å². The molecule has 164 valence electrons. The first kappa shape index (κ1) is 20.7. The van der Waals surface area contributed by atoms with Crippen LogP contribution in [0.4, 0.5) is 11.4 Å². The summed E-state index contributed by atoms with van der Waals surface area (Å²) in [7, 11) is 0. The number of anilines is 2. The molecule has 1 saturated heterocycles. The SMILES string of the molecule is N#Cc1ccc(NC(=O)C2=CNNc3ccc(-c4cncc(CN5CCCC5)c4)cc32)cn1. The quantitative estimate of drug-likeness (QED) is 0.561. The van der Waals surface area contributed by atoms with Gasteiger partial charge in [-0.25, -0.2) is 4.98 Å². The molecule has 0 radical (unpaired) electrons. The Balaban J connectivity index is 1.39. The molecular formula is C25H23N7O. The molecule has 2 aromatic heterocycles. The van der Waals surface area contributed by atoms with Gasteiger partial charge < -0.3 is 16.2 Å². The lowest BCUT2D eigenvalue weighted by atomic mass is 9.96. The van der Waals surface area contributed by atoms with Crippen molar-refractivity contribution in [3.8, 4) is 17.2 Å². The summed E-state index contributed by atoms with van der Waals surface area (Å²) in [5.41, 5.74) is 12.1. The summed E-state index contributed by atoms with van der Waals surface area (Å²) in [6, 6.07) is 13.3. The van der Waals surface area contributed by atoms with Gasteiger partial charge >= 0.3 is 0 Å². The van der Waals surface area contributed by atoms with Crippen LogP contribution in [-0.4, -0.2) is 33.9 Å². The fraction of sp³-hybridized carbons (Fsp3) is 0.200. The van der Waals surface area contributed by atoms with E-state index < -0.39 is 0 Å². The van der Waals surface area contributed by atoms with E-state index in [9.17, 15) is 4.79 Å². The number of hydrogen-bond donors (Lipinski definition) is 3. The number of amides is 1. The average molecular weight is 438 g/mol. The Morgan fingerprint density at radius 1 is 1.09 bits per heavy atom. The highest BCUT2D eigenvalue weighted by Crippen LogP contribution is 2.32. The van der Waals surface area contributed by atoms with Crippen molar-refractivity contribution in [1.82, 2.24) is 20.3 Å². The highest BCUT2D eigenvalue weighted by Gasteiger charge is 2.20. The number of hydrazine groups is 1. The zero-order valence-corrected chi connectivity index (χ0v) is 18.0. The number of carbonyl (C=O) groups excluding carboxylic acids is 1. The molecule has 3 aromatic rings. The number of nitrogens with zero attached hydrogens (tertiary/aromatic N) is 4. The lowest BCUT2D eigenvalue weighted by Crippen LogP contribution is -2.25. The van der Waals surface area contributed by atoms with E-state index in [4.69, 9.17) is 5.26 Å². The number of rotatable bonds is 5. The maximum absolute atomic E-state index is 13.0. The number of nitriles is 1. The van der Waals surface area contributed by atoms with E-state index in [2.05, 4.69) is 37.1 Å². The number of aromatic nitrogens is 2. The Morgan fingerprint density at radius 2 is 1.97 bits per heavy atom. The summed E-state index contributed by atoms with van der Waals surface area (Å²) in [4.78, 5) is 23.9. The Kier molecular flexibility index (Phi) is 5.70. The van der Waals surface area contributed by atoms with Crippen molar-refractivity contribution in [3.63, 3.8) is 0 Å². The third kappa shape index (κ3) is 4.54. The lowest BCUT2D eigenvalue weighted by molar-refractivity contribution is -0.111. The monoisotopic (exact) mass is 437 g/mol. The second kappa shape index (κ2) is 9.10. The maximum Gasteiger partial charge on any atom is 0.257 e. The van der Waals surface area contributed by atoms with E-state index in [1.165, 1.54) is 24.6 Å². The summed E-state index contributed by atoms with van der Waals surface area (Å²) in [5.74, 6) is -0.269. The second-order valence-corrected chi connectivity index (χ2v) is 8.15. The topological polar surface area (TPSA) is 106 Å². The van der Waals surface area contributed by atoms with E-state index in [1.807, 2.05) is 36.7 Å². The van der Waals surface area contributed by atoms with E-state index in [0.29, 0.717) is 17.0 Å². The van der Waals surface area contributed by atoms with Gasteiger partial charge in [0.15, 0.2) is 0 Å². The van der Waals surface area contributed by atoms with Crippen molar-refractivity contribution in [2.45, 2.75) is 19.4 Å². The molecule has 2 aliphatic rings. The van der Waals surface area contributed by atoms with Crippen molar-refractivity contribution < 1.29 is 4.79 Å². The minimum atomic E-state index is -0.269. The summed E-state index contributed by atoms with van der Waals surface area (Å²) in [5, 5.41) is 11.7. The number of fused-ring (bicyclic) bond motifs is 1. The van der Waals surface area contributed by atoms with Crippen LogP contribution < -0.4 is 16.2 Å². The fourth-order valence-corrected chi connectivity index (χ4v) is 4.17. The van der Waals surface area contributed by atoms with Crippen molar-refractivity contribution >= 4 is 22.9 Å². The second-order valence-electron chi connectivity index (χ2n) is 8.15. The molecule has 0 unspecified atom stereocenters. The predicted octanol–water partition coefficient (Wildman–Crippen LogP) is 3.52. The van der Waals surface area contributed by atoms with Gasteiger partial charge in [0, 0.05) is 36.3 Å². The summed E-state index contributed by atoms with van der Waals surface area (Å²) >= 11 is 0. The fourth-order valence-electron chi connectivity index (χ4n) is 4.17. The molecule has 0 spiro atoms. The zero-order chi connectivity index (χ0) is 22.6. The molecule has 3 N–H and O–H groups in total.